The van der Waals surface area contributed by atoms with E-state index in [2.05, 4.69) is 0 Å². The molecular formula is C12H25LiN. The van der Waals surface area contributed by atoms with Gasteiger partial charge >= 0.3 is 0 Å². The molecule has 1 rings (SSSR count). The molecule has 14 heavy (non-hydrogen) atoms. The summed E-state index contributed by atoms with van der Waals surface area (Å²) in [5, 5.41) is 0. The van der Waals surface area contributed by atoms with Gasteiger partial charge in [-0.2, -0.15) is 0 Å². The maximum Gasteiger partial charge on any atom is 0.00388 e. The van der Waals surface area contributed by atoms with Crippen LogP contribution in [0, 0.1) is 0 Å². The Morgan fingerprint density at radius 2 is 0.857 bits per heavy atom. The van der Waals surface area contributed by atoms with Crippen molar-refractivity contribution in [3.05, 3.63) is 0 Å². The van der Waals surface area contributed by atoms with Crippen LogP contribution in [0.3, 0.4) is 0 Å². The molecule has 0 unspecified atom stereocenters. The van der Waals surface area contributed by atoms with E-state index < -0.39 is 0 Å². The fraction of sp³-hybridized carbons (Fsp3) is 1.00. The van der Waals surface area contributed by atoms with Crippen molar-refractivity contribution in [2.75, 3.05) is 0 Å². The molecule has 1 nitrogen and oxygen atoms in total. The first kappa shape index (κ1) is 14.6. The number of nitrogens with two attached hydrogens (primary N) is 1. The van der Waals surface area contributed by atoms with Crippen molar-refractivity contribution >= 4 is 18.9 Å². The molecule has 1 radical (unpaired) electrons. The van der Waals surface area contributed by atoms with Crippen molar-refractivity contribution in [1.29, 1.82) is 0 Å². The smallest absolute Gasteiger partial charge is 0.00388 e. The third kappa shape index (κ3) is 7.92. The van der Waals surface area contributed by atoms with Crippen molar-refractivity contribution < 1.29 is 0 Å². The van der Waals surface area contributed by atoms with Crippen molar-refractivity contribution in [3.8, 4) is 0 Å². The van der Waals surface area contributed by atoms with Gasteiger partial charge in [0.25, 0.3) is 0 Å². The fourth-order valence-corrected chi connectivity index (χ4v) is 2.19. The first-order valence-electron chi connectivity index (χ1n) is 6.15. The monoisotopic (exact) mass is 190 g/mol. The van der Waals surface area contributed by atoms with Crippen LogP contribution in [0.25, 0.3) is 0 Å². The fourth-order valence-electron chi connectivity index (χ4n) is 2.19. The molecule has 0 amide bonds. The molecule has 0 saturated heterocycles. The third-order valence-corrected chi connectivity index (χ3v) is 3.15. The van der Waals surface area contributed by atoms with Crippen molar-refractivity contribution in [2.45, 2.75) is 76.7 Å². The van der Waals surface area contributed by atoms with Crippen LogP contribution in [0.4, 0.5) is 0 Å². The van der Waals surface area contributed by atoms with Gasteiger partial charge in [0.2, 0.25) is 0 Å². The summed E-state index contributed by atoms with van der Waals surface area (Å²) in [6.07, 6.45) is 15.3. The Morgan fingerprint density at radius 1 is 0.571 bits per heavy atom. The Kier molecular flexibility index (Phi) is 10.5. The van der Waals surface area contributed by atoms with Crippen LogP contribution in [0.2, 0.25) is 0 Å². The molecule has 0 atom stereocenters. The standard InChI is InChI=1S/C12H25N.Li/c13-12-10-8-6-4-2-1-3-5-7-9-11-12;/h12H,1-11,13H2;. The molecule has 1 aliphatic carbocycles. The van der Waals surface area contributed by atoms with E-state index in [9.17, 15) is 0 Å². The first-order valence-corrected chi connectivity index (χ1v) is 6.15. The third-order valence-electron chi connectivity index (χ3n) is 3.15. The molecule has 0 bridgehead atoms. The van der Waals surface area contributed by atoms with Gasteiger partial charge in [0.15, 0.2) is 0 Å². The second-order valence-electron chi connectivity index (χ2n) is 4.52. The second-order valence-corrected chi connectivity index (χ2v) is 4.52. The van der Waals surface area contributed by atoms with Crippen LogP contribution in [-0.4, -0.2) is 24.9 Å². The topological polar surface area (TPSA) is 26.0 Å². The summed E-state index contributed by atoms with van der Waals surface area (Å²) < 4.78 is 0. The summed E-state index contributed by atoms with van der Waals surface area (Å²) in [5.41, 5.74) is 6.01. The molecule has 2 N–H and O–H groups in total. The Morgan fingerprint density at radius 3 is 1.21 bits per heavy atom. The minimum Gasteiger partial charge on any atom is -0.328 e. The van der Waals surface area contributed by atoms with Crippen LogP contribution in [0.5, 0.6) is 0 Å². The summed E-state index contributed by atoms with van der Waals surface area (Å²) in [6.45, 7) is 0. The minimum absolute atomic E-state index is 0. The summed E-state index contributed by atoms with van der Waals surface area (Å²) in [5.74, 6) is 0. The second kappa shape index (κ2) is 10.1. The summed E-state index contributed by atoms with van der Waals surface area (Å²) in [6, 6.07) is 0.499. The normalized spacial score (nSPS) is 22.9. The number of rotatable bonds is 0. The van der Waals surface area contributed by atoms with Crippen LogP contribution in [-0.2, 0) is 0 Å². The average molecular weight is 190 g/mol. The Labute approximate surface area is 101 Å². The molecular weight excluding hydrogens is 165 g/mol. The summed E-state index contributed by atoms with van der Waals surface area (Å²) in [4.78, 5) is 0. The van der Waals surface area contributed by atoms with Gasteiger partial charge in [-0.15, -0.1) is 0 Å². The van der Waals surface area contributed by atoms with E-state index >= 15 is 0 Å². The Balaban J connectivity index is 0.00000169. The number of hydrogen-bond donors (Lipinski definition) is 1. The zero-order valence-electron chi connectivity index (χ0n) is 9.93. The van der Waals surface area contributed by atoms with E-state index in [4.69, 9.17) is 5.73 Å². The van der Waals surface area contributed by atoms with E-state index in [-0.39, 0.29) is 18.9 Å². The molecule has 1 aliphatic rings. The van der Waals surface area contributed by atoms with Crippen LogP contribution in [0.1, 0.15) is 70.6 Å². The summed E-state index contributed by atoms with van der Waals surface area (Å²) in [7, 11) is 0. The molecule has 0 aromatic carbocycles. The summed E-state index contributed by atoms with van der Waals surface area (Å²) >= 11 is 0. The zero-order chi connectivity index (χ0) is 9.36. The maximum absolute atomic E-state index is 6.01. The Hall–Kier alpha value is 0.557. The molecule has 0 aliphatic heterocycles. The van der Waals surface area contributed by atoms with Gasteiger partial charge in [-0.05, 0) is 12.8 Å². The molecule has 79 valence electrons. The van der Waals surface area contributed by atoms with Gasteiger partial charge in [-0.3, -0.25) is 0 Å². The van der Waals surface area contributed by atoms with Gasteiger partial charge in [-0.25, -0.2) is 0 Å². The molecule has 2 heteroatoms. The number of hydrogen-bond acceptors (Lipinski definition) is 1. The Bertz CT molecular complexity index is 105. The van der Waals surface area contributed by atoms with Gasteiger partial charge in [0, 0.05) is 24.9 Å². The van der Waals surface area contributed by atoms with E-state index in [0.717, 1.165) is 0 Å². The molecule has 0 spiro atoms. The van der Waals surface area contributed by atoms with Crippen molar-refractivity contribution in [1.82, 2.24) is 0 Å². The quantitative estimate of drug-likeness (QED) is 0.583. The SMILES string of the molecule is NC1CCCCCCCCCCC1.[Li]. The first-order chi connectivity index (χ1) is 6.39. The van der Waals surface area contributed by atoms with Crippen LogP contribution >= 0.6 is 0 Å². The predicted octanol–water partition coefficient (Wildman–Crippen LogP) is 3.24. The van der Waals surface area contributed by atoms with Gasteiger partial charge in [0.1, 0.15) is 0 Å². The molecule has 0 aromatic heterocycles. The van der Waals surface area contributed by atoms with Crippen LogP contribution < -0.4 is 5.73 Å². The minimum atomic E-state index is 0. The predicted molar refractivity (Wildman–Crippen MR) is 64.5 cm³/mol. The zero-order valence-corrected chi connectivity index (χ0v) is 9.93. The van der Waals surface area contributed by atoms with Crippen LogP contribution in [0.15, 0.2) is 0 Å². The molecule has 0 heterocycles. The van der Waals surface area contributed by atoms with Gasteiger partial charge in [0.05, 0.1) is 0 Å². The van der Waals surface area contributed by atoms with Gasteiger partial charge < -0.3 is 5.73 Å². The average Bonchev–Trinajstić information content (AvgIpc) is 2.11. The van der Waals surface area contributed by atoms with E-state index in [1.165, 1.54) is 70.6 Å². The molecule has 1 fully saturated rings. The molecule has 1 saturated carbocycles. The van der Waals surface area contributed by atoms with E-state index in [1.807, 2.05) is 0 Å². The van der Waals surface area contributed by atoms with Crippen molar-refractivity contribution in [2.24, 2.45) is 5.73 Å². The maximum atomic E-state index is 6.01. The molecule has 0 aromatic rings. The largest absolute Gasteiger partial charge is 0.328 e. The van der Waals surface area contributed by atoms with Gasteiger partial charge in [-0.1, -0.05) is 57.8 Å². The van der Waals surface area contributed by atoms with Crippen molar-refractivity contribution in [3.63, 3.8) is 0 Å². The van der Waals surface area contributed by atoms with E-state index in [0.29, 0.717) is 6.04 Å². The van der Waals surface area contributed by atoms with E-state index in [1.54, 1.807) is 0 Å².